The Hall–Kier alpha value is -1.24. The molecule has 0 rings (SSSR count). The van der Waals surface area contributed by atoms with Crippen molar-refractivity contribution in [2.45, 2.75) is 12.6 Å². The summed E-state index contributed by atoms with van der Waals surface area (Å²) in [5.41, 5.74) is -2.12. The zero-order valence-corrected chi connectivity index (χ0v) is 6.23. The molecule has 0 aliphatic heterocycles. The summed E-state index contributed by atoms with van der Waals surface area (Å²) < 4.78 is 0. The van der Waals surface area contributed by atoms with Crippen LogP contribution >= 0.6 is 0 Å². The molecule has 0 aromatic carbocycles. The first-order valence-corrected chi connectivity index (χ1v) is 2.88. The maximum atomic E-state index is 10.2. The van der Waals surface area contributed by atoms with E-state index in [1.807, 2.05) is 0 Å². The molecule has 0 spiro atoms. The quantitative estimate of drug-likeness (QED) is 0.341. The second-order valence-corrected chi connectivity index (χ2v) is 2.26. The molecule has 0 heterocycles. The van der Waals surface area contributed by atoms with Gasteiger partial charge in [0.1, 0.15) is 6.54 Å². The molecule has 0 fully saturated rings. The van der Waals surface area contributed by atoms with Crippen LogP contribution in [0.5, 0.6) is 0 Å². The summed E-state index contributed by atoms with van der Waals surface area (Å²) in [7, 11) is 1.42. The Morgan fingerprint density at radius 1 is 1.36 bits per heavy atom. The Morgan fingerprint density at radius 3 is 1.82 bits per heavy atom. The molecule has 0 saturated heterocycles. The van der Waals surface area contributed by atoms with Gasteiger partial charge in [-0.05, 0) is 7.05 Å². The van der Waals surface area contributed by atoms with Crippen LogP contribution in [0.3, 0.4) is 0 Å². The Bertz CT molecular complexity index is 166. The monoisotopic (exact) mass is 163 g/mol. The zero-order valence-electron chi connectivity index (χ0n) is 6.23. The first kappa shape index (κ1) is 9.76. The van der Waals surface area contributed by atoms with Crippen molar-refractivity contribution in [1.29, 1.82) is 0 Å². The minimum atomic E-state index is -2.12. The fourth-order valence-corrected chi connectivity index (χ4v) is 0.531. The first-order chi connectivity index (χ1) is 4.95. The molecule has 0 aromatic rings. The first-order valence-electron chi connectivity index (χ1n) is 2.88. The van der Waals surface area contributed by atoms with Crippen LogP contribution in [-0.4, -0.2) is 29.1 Å². The summed E-state index contributed by atoms with van der Waals surface area (Å²) in [6.07, 6.45) is 0. The Kier molecular flexibility index (Phi) is 2.87. The van der Waals surface area contributed by atoms with Crippen molar-refractivity contribution in [3.8, 4) is 0 Å². The van der Waals surface area contributed by atoms with E-state index in [1.165, 1.54) is 7.05 Å². The molecule has 0 amide bonds. The van der Waals surface area contributed by atoms with Crippen molar-refractivity contribution in [2.75, 3.05) is 13.6 Å². The van der Waals surface area contributed by atoms with Gasteiger partial charge in [0.15, 0.2) is 0 Å². The summed E-state index contributed by atoms with van der Waals surface area (Å²) in [5, 5.41) is 22.7. The molecule has 11 heavy (non-hydrogen) atoms. The standard InChI is InChI=1S/C4H9N3O4/c1-4(3-5-2,6(8)9)7(10)11/h5H,3H2,1-2H3. The Morgan fingerprint density at radius 2 is 1.73 bits per heavy atom. The van der Waals surface area contributed by atoms with E-state index in [9.17, 15) is 20.2 Å². The summed E-state index contributed by atoms with van der Waals surface area (Å²) in [5.74, 6) is 0. The van der Waals surface area contributed by atoms with Crippen molar-refractivity contribution < 1.29 is 9.85 Å². The molecule has 0 bridgehead atoms. The molecule has 0 aliphatic rings. The Balaban J connectivity index is 4.52. The minimum Gasteiger partial charge on any atom is -0.307 e. The van der Waals surface area contributed by atoms with Crippen LogP contribution in [0.15, 0.2) is 0 Å². The molecule has 0 aliphatic carbocycles. The van der Waals surface area contributed by atoms with Crippen LogP contribution in [0.2, 0.25) is 0 Å². The van der Waals surface area contributed by atoms with Gasteiger partial charge in [-0.2, -0.15) is 0 Å². The van der Waals surface area contributed by atoms with E-state index in [1.54, 1.807) is 0 Å². The lowest BCUT2D eigenvalue weighted by atomic mass is 10.2. The van der Waals surface area contributed by atoms with E-state index in [4.69, 9.17) is 0 Å². The molecule has 0 atom stereocenters. The van der Waals surface area contributed by atoms with Gasteiger partial charge in [0.2, 0.25) is 0 Å². The molecule has 64 valence electrons. The van der Waals surface area contributed by atoms with Crippen LogP contribution in [-0.2, 0) is 0 Å². The molecule has 0 aromatic heterocycles. The molecule has 7 heteroatoms. The van der Waals surface area contributed by atoms with E-state index >= 15 is 0 Å². The van der Waals surface area contributed by atoms with E-state index in [2.05, 4.69) is 5.32 Å². The third-order valence-corrected chi connectivity index (χ3v) is 1.30. The van der Waals surface area contributed by atoms with Crippen LogP contribution in [0, 0.1) is 20.2 Å². The molecule has 7 nitrogen and oxygen atoms in total. The second-order valence-electron chi connectivity index (χ2n) is 2.26. The lowest BCUT2D eigenvalue weighted by Crippen LogP contribution is -2.50. The number of rotatable bonds is 4. The molecular formula is C4H9N3O4. The third kappa shape index (κ3) is 1.84. The van der Waals surface area contributed by atoms with Gasteiger partial charge in [-0.3, -0.25) is 20.2 Å². The van der Waals surface area contributed by atoms with Gasteiger partial charge in [0.25, 0.3) is 0 Å². The number of hydrogen-bond donors (Lipinski definition) is 1. The van der Waals surface area contributed by atoms with Crippen LogP contribution < -0.4 is 5.32 Å². The number of nitro groups is 2. The van der Waals surface area contributed by atoms with Crippen molar-refractivity contribution in [2.24, 2.45) is 0 Å². The maximum absolute atomic E-state index is 10.2. The average molecular weight is 163 g/mol. The van der Waals surface area contributed by atoms with Gasteiger partial charge in [-0.15, -0.1) is 0 Å². The van der Waals surface area contributed by atoms with Gasteiger partial charge in [-0.25, -0.2) is 0 Å². The summed E-state index contributed by atoms with van der Waals surface area (Å²) >= 11 is 0. The third-order valence-electron chi connectivity index (χ3n) is 1.30. The van der Waals surface area contributed by atoms with Crippen molar-refractivity contribution in [3.63, 3.8) is 0 Å². The summed E-state index contributed by atoms with van der Waals surface area (Å²) in [6, 6.07) is 0. The molecular weight excluding hydrogens is 154 g/mol. The highest BCUT2D eigenvalue weighted by molar-refractivity contribution is 4.61. The van der Waals surface area contributed by atoms with Gasteiger partial charge < -0.3 is 5.32 Å². The van der Waals surface area contributed by atoms with Gasteiger partial charge >= 0.3 is 5.66 Å². The molecule has 1 N–H and O–H groups in total. The number of likely N-dealkylation sites (N-methyl/N-ethyl adjacent to an activating group) is 1. The molecule has 0 unspecified atom stereocenters. The predicted octanol–water partition coefficient (Wildman–Crippen LogP) is -0.525. The average Bonchev–Trinajstić information content (AvgIpc) is 1.87. The fraction of sp³-hybridized carbons (Fsp3) is 1.00. The topological polar surface area (TPSA) is 98.3 Å². The van der Waals surface area contributed by atoms with Crippen molar-refractivity contribution >= 4 is 0 Å². The van der Waals surface area contributed by atoms with Crippen LogP contribution in [0.25, 0.3) is 0 Å². The number of nitrogens with one attached hydrogen (secondary N) is 1. The van der Waals surface area contributed by atoms with Crippen LogP contribution in [0.4, 0.5) is 0 Å². The van der Waals surface area contributed by atoms with Crippen molar-refractivity contribution in [3.05, 3.63) is 20.2 Å². The van der Waals surface area contributed by atoms with Gasteiger partial charge in [0.05, 0.1) is 16.8 Å². The van der Waals surface area contributed by atoms with E-state index in [0.29, 0.717) is 0 Å². The SMILES string of the molecule is CNCC(C)([N+](=O)[O-])[N+](=O)[O-]. The zero-order chi connectivity index (χ0) is 9.07. The largest absolute Gasteiger partial charge is 0.467 e. The second kappa shape index (κ2) is 3.24. The minimum absolute atomic E-state index is 0.285. The number of nitrogens with zero attached hydrogens (tertiary/aromatic N) is 2. The number of hydrogen-bond acceptors (Lipinski definition) is 5. The lowest BCUT2D eigenvalue weighted by Gasteiger charge is -2.10. The Labute approximate surface area is 62.7 Å². The smallest absolute Gasteiger partial charge is 0.307 e. The molecule has 0 saturated carbocycles. The van der Waals surface area contributed by atoms with Crippen molar-refractivity contribution in [1.82, 2.24) is 5.32 Å². The highest BCUT2D eigenvalue weighted by Gasteiger charge is 2.49. The lowest BCUT2D eigenvalue weighted by molar-refractivity contribution is -0.789. The maximum Gasteiger partial charge on any atom is 0.467 e. The normalized spacial score (nSPS) is 11.1. The summed E-state index contributed by atoms with van der Waals surface area (Å²) in [4.78, 5) is 18.5. The van der Waals surface area contributed by atoms with Crippen LogP contribution in [0.1, 0.15) is 6.92 Å². The van der Waals surface area contributed by atoms with E-state index in [0.717, 1.165) is 6.92 Å². The van der Waals surface area contributed by atoms with E-state index < -0.39 is 15.5 Å². The fourth-order valence-electron chi connectivity index (χ4n) is 0.531. The molecule has 0 radical (unpaired) electrons. The predicted molar refractivity (Wildman–Crippen MR) is 36.3 cm³/mol. The highest BCUT2D eigenvalue weighted by Crippen LogP contribution is 2.07. The van der Waals surface area contributed by atoms with E-state index in [-0.39, 0.29) is 6.54 Å². The van der Waals surface area contributed by atoms with Gasteiger partial charge in [0, 0.05) is 0 Å². The van der Waals surface area contributed by atoms with Gasteiger partial charge in [-0.1, -0.05) is 0 Å². The summed E-state index contributed by atoms with van der Waals surface area (Å²) in [6.45, 7) is 0.677. The highest BCUT2D eigenvalue weighted by atomic mass is 16.7.